The molecule has 2 aliphatic rings. The van der Waals surface area contributed by atoms with E-state index < -0.39 is 42.8 Å². The summed E-state index contributed by atoms with van der Waals surface area (Å²) in [5.74, 6) is -1.67. The van der Waals surface area contributed by atoms with Gasteiger partial charge >= 0.3 is 11.9 Å². The number of fused-ring (bicyclic) bond motifs is 1. The molecular weight excluding hydrogens is 336 g/mol. The quantitative estimate of drug-likeness (QED) is 0.453. The largest absolute Gasteiger partial charge is 0.458 e. The van der Waals surface area contributed by atoms with E-state index >= 15 is 0 Å². The molecule has 6 heteroatoms. The lowest BCUT2D eigenvalue weighted by molar-refractivity contribution is -0.147. The number of carbonyl (C=O) groups excluding carboxylic acids is 2. The highest BCUT2D eigenvalue weighted by molar-refractivity contribution is 5.92. The topological polar surface area (TPSA) is 93.1 Å². The second-order valence-electron chi connectivity index (χ2n) is 6.84. The zero-order valence-corrected chi connectivity index (χ0v) is 15.4. The van der Waals surface area contributed by atoms with Crippen molar-refractivity contribution in [1.29, 1.82) is 0 Å². The van der Waals surface area contributed by atoms with Crippen LogP contribution in [0.2, 0.25) is 0 Å². The maximum absolute atomic E-state index is 12.3. The summed E-state index contributed by atoms with van der Waals surface area (Å²) in [5.41, 5.74) is 2.11. The number of hydrogen-bond donors (Lipinski definition) is 2. The second kappa shape index (κ2) is 8.47. The van der Waals surface area contributed by atoms with Crippen LogP contribution >= 0.6 is 0 Å². The first kappa shape index (κ1) is 20.1. The van der Waals surface area contributed by atoms with Crippen molar-refractivity contribution in [3.63, 3.8) is 0 Å². The van der Waals surface area contributed by atoms with Crippen LogP contribution in [0.25, 0.3) is 0 Å². The lowest BCUT2D eigenvalue weighted by atomic mass is 9.85. The number of hydrogen-bond acceptors (Lipinski definition) is 6. The molecule has 1 aliphatic carbocycles. The van der Waals surface area contributed by atoms with Gasteiger partial charge in [0.15, 0.2) is 0 Å². The maximum Gasteiger partial charge on any atom is 0.336 e. The summed E-state index contributed by atoms with van der Waals surface area (Å²) in [6, 6.07) is 0. The van der Waals surface area contributed by atoms with Crippen molar-refractivity contribution in [3.8, 4) is 0 Å². The van der Waals surface area contributed by atoms with Crippen LogP contribution in [0.1, 0.15) is 33.6 Å². The van der Waals surface area contributed by atoms with Crippen molar-refractivity contribution in [2.75, 3.05) is 6.61 Å². The minimum Gasteiger partial charge on any atom is -0.458 e. The molecule has 142 valence electrons. The Morgan fingerprint density at radius 2 is 2.00 bits per heavy atom. The molecule has 0 amide bonds. The van der Waals surface area contributed by atoms with Crippen molar-refractivity contribution >= 4 is 11.9 Å². The van der Waals surface area contributed by atoms with Gasteiger partial charge in [0.1, 0.15) is 12.2 Å². The highest BCUT2D eigenvalue weighted by Crippen LogP contribution is 2.36. The molecule has 0 spiro atoms. The van der Waals surface area contributed by atoms with Crippen LogP contribution in [-0.2, 0) is 19.1 Å². The van der Waals surface area contributed by atoms with Crippen LogP contribution in [0.5, 0.6) is 0 Å². The lowest BCUT2D eigenvalue weighted by Crippen LogP contribution is -2.34. The summed E-state index contributed by atoms with van der Waals surface area (Å²) < 4.78 is 11.0. The first-order chi connectivity index (χ1) is 12.3. The molecule has 2 N–H and O–H groups in total. The molecule has 0 aromatic rings. The molecule has 2 rings (SSSR count). The minimum absolute atomic E-state index is 0.142. The molecule has 1 heterocycles. The van der Waals surface area contributed by atoms with E-state index in [2.05, 4.69) is 6.58 Å². The van der Waals surface area contributed by atoms with Gasteiger partial charge in [0, 0.05) is 12.0 Å². The SMILES string of the molecule is C=C1C(=O)O[C@@H]2/C=C(\C)C[C@@H](O)/C=C(\C)C[C@@H](OC(=O)/C(=C/C)CO)[C@@H]12. The van der Waals surface area contributed by atoms with Crippen LogP contribution < -0.4 is 0 Å². The Balaban J connectivity index is 2.41. The van der Waals surface area contributed by atoms with Gasteiger partial charge in [-0.05, 0) is 33.3 Å². The van der Waals surface area contributed by atoms with Crippen LogP contribution in [0, 0.1) is 5.92 Å². The standard InChI is InChI=1S/C20H26O6/c1-5-14(10-21)20(24)26-17-9-12(3)7-15(22)6-11(2)8-16-18(17)13(4)19(23)25-16/h5,7-8,15-18,21-22H,4,6,9-10H2,1-3H3/b11-8+,12-7+,14-5+/t15-,16-,17-,18+/m1/s1. The highest BCUT2D eigenvalue weighted by atomic mass is 16.6. The van der Waals surface area contributed by atoms with Crippen molar-refractivity contribution < 1.29 is 29.3 Å². The van der Waals surface area contributed by atoms with Crippen molar-refractivity contribution in [3.05, 3.63) is 47.1 Å². The fourth-order valence-corrected chi connectivity index (χ4v) is 3.36. The predicted octanol–water partition coefficient (Wildman–Crippen LogP) is 1.98. The molecule has 0 bridgehead atoms. The summed E-state index contributed by atoms with van der Waals surface area (Å²) >= 11 is 0. The van der Waals surface area contributed by atoms with Crippen LogP contribution in [-0.4, -0.2) is 47.1 Å². The molecule has 0 radical (unpaired) electrons. The van der Waals surface area contributed by atoms with E-state index in [1.165, 1.54) is 6.08 Å². The third-order valence-corrected chi connectivity index (χ3v) is 4.68. The molecule has 0 saturated carbocycles. The van der Waals surface area contributed by atoms with E-state index in [-0.39, 0.29) is 11.1 Å². The number of ether oxygens (including phenoxy) is 2. The minimum atomic E-state index is -0.696. The number of aliphatic hydroxyl groups excluding tert-OH is 2. The summed E-state index contributed by atoms with van der Waals surface area (Å²) in [6.07, 6.45) is 3.79. The molecule has 0 aromatic carbocycles. The Labute approximate surface area is 153 Å². The highest BCUT2D eigenvalue weighted by Gasteiger charge is 2.44. The summed E-state index contributed by atoms with van der Waals surface area (Å²) in [4.78, 5) is 24.4. The van der Waals surface area contributed by atoms with E-state index in [1.54, 1.807) is 19.1 Å². The van der Waals surface area contributed by atoms with E-state index in [1.807, 2.05) is 13.8 Å². The number of rotatable bonds is 3. The first-order valence-corrected chi connectivity index (χ1v) is 8.66. The van der Waals surface area contributed by atoms with Crippen LogP contribution in [0.15, 0.2) is 47.1 Å². The first-order valence-electron chi connectivity index (χ1n) is 8.66. The Kier molecular flexibility index (Phi) is 6.56. The third-order valence-electron chi connectivity index (χ3n) is 4.68. The predicted molar refractivity (Wildman–Crippen MR) is 96.0 cm³/mol. The van der Waals surface area contributed by atoms with Gasteiger partial charge in [-0.3, -0.25) is 0 Å². The van der Waals surface area contributed by atoms with Crippen LogP contribution in [0.3, 0.4) is 0 Å². The third kappa shape index (κ3) is 4.51. The van der Waals surface area contributed by atoms with E-state index in [0.29, 0.717) is 12.8 Å². The van der Waals surface area contributed by atoms with Gasteiger partial charge in [0.25, 0.3) is 0 Å². The van der Waals surface area contributed by atoms with E-state index in [0.717, 1.165) is 11.1 Å². The molecule has 0 aromatic heterocycles. The lowest BCUT2D eigenvalue weighted by Gasteiger charge is -2.28. The van der Waals surface area contributed by atoms with Gasteiger partial charge in [0.2, 0.25) is 0 Å². The Hall–Kier alpha value is -2.18. The average molecular weight is 362 g/mol. The molecule has 6 nitrogen and oxygen atoms in total. The molecule has 1 aliphatic heterocycles. The second-order valence-corrected chi connectivity index (χ2v) is 6.84. The van der Waals surface area contributed by atoms with Gasteiger partial charge in [-0.15, -0.1) is 0 Å². The number of allylic oxidation sites excluding steroid dienone is 1. The molecule has 4 atom stereocenters. The molecule has 26 heavy (non-hydrogen) atoms. The van der Waals surface area contributed by atoms with Gasteiger partial charge in [0.05, 0.1) is 24.2 Å². The Bertz CT molecular complexity index is 684. The van der Waals surface area contributed by atoms with Crippen molar-refractivity contribution in [1.82, 2.24) is 0 Å². The van der Waals surface area contributed by atoms with Gasteiger partial charge in [-0.25, -0.2) is 9.59 Å². The smallest absolute Gasteiger partial charge is 0.336 e. The van der Waals surface area contributed by atoms with E-state index in [9.17, 15) is 19.8 Å². The van der Waals surface area contributed by atoms with Crippen molar-refractivity contribution in [2.45, 2.75) is 51.9 Å². The maximum atomic E-state index is 12.3. The average Bonchev–Trinajstić information content (AvgIpc) is 2.81. The molecule has 0 unspecified atom stereocenters. The monoisotopic (exact) mass is 362 g/mol. The van der Waals surface area contributed by atoms with Gasteiger partial charge in [-0.1, -0.05) is 29.9 Å². The number of carbonyl (C=O) groups is 2. The van der Waals surface area contributed by atoms with Crippen LogP contribution in [0.4, 0.5) is 0 Å². The molecular formula is C20H26O6. The fourth-order valence-electron chi connectivity index (χ4n) is 3.36. The summed E-state index contributed by atoms with van der Waals surface area (Å²) in [6.45, 7) is 8.72. The Morgan fingerprint density at radius 3 is 2.62 bits per heavy atom. The van der Waals surface area contributed by atoms with E-state index in [4.69, 9.17) is 9.47 Å². The number of aliphatic hydroxyl groups is 2. The zero-order chi connectivity index (χ0) is 19.4. The zero-order valence-electron chi connectivity index (χ0n) is 15.4. The summed E-state index contributed by atoms with van der Waals surface area (Å²) in [5, 5.41) is 19.4. The van der Waals surface area contributed by atoms with Gasteiger partial charge < -0.3 is 19.7 Å². The fraction of sp³-hybridized carbons (Fsp3) is 0.500. The van der Waals surface area contributed by atoms with Crippen molar-refractivity contribution in [2.24, 2.45) is 5.92 Å². The molecule has 1 saturated heterocycles. The van der Waals surface area contributed by atoms with Gasteiger partial charge in [-0.2, -0.15) is 0 Å². The normalized spacial score (nSPS) is 34.1. The number of esters is 2. The molecule has 1 fully saturated rings. The summed E-state index contributed by atoms with van der Waals surface area (Å²) in [7, 11) is 0. The Morgan fingerprint density at radius 1 is 1.35 bits per heavy atom.